The van der Waals surface area contributed by atoms with Gasteiger partial charge < -0.3 is 4.42 Å². The molecule has 8 nitrogen and oxygen atoms in total. The van der Waals surface area contributed by atoms with Crippen molar-refractivity contribution in [3.63, 3.8) is 0 Å². The number of carbonyl (C=O) groups excluding carboxylic acids is 1. The Morgan fingerprint density at radius 2 is 2.25 bits per heavy atom. The summed E-state index contributed by atoms with van der Waals surface area (Å²) < 4.78 is 6.75. The number of nitrogens with one attached hydrogen (secondary N) is 1. The summed E-state index contributed by atoms with van der Waals surface area (Å²) in [4.78, 5) is 26.0. The van der Waals surface area contributed by atoms with Crippen molar-refractivity contribution in [3.8, 4) is 0 Å². The number of furan rings is 1. The topological polar surface area (TPSA) is 111 Å². The van der Waals surface area contributed by atoms with Crippen LogP contribution in [-0.2, 0) is 4.79 Å². The highest BCUT2D eigenvalue weighted by molar-refractivity contribution is 8.01. The first-order valence-electron chi connectivity index (χ1n) is 6.66. The molecule has 122 valence electrons. The van der Waals surface area contributed by atoms with E-state index in [1.807, 2.05) is 24.3 Å². The molecule has 0 aliphatic carbocycles. The van der Waals surface area contributed by atoms with Gasteiger partial charge in [0.05, 0.1) is 28.3 Å². The third-order valence-corrected chi connectivity index (χ3v) is 4.95. The molecule has 1 N–H and O–H groups in total. The summed E-state index contributed by atoms with van der Waals surface area (Å²) in [5, 5.41) is 14.2. The summed E-state index contributed by atoms with van der Waals surface area (Å²) in [6.45, 7) is 0. The second-order valence-corrected chi connectivity index (χ2v) is 6.72. The fourth-order valence-corrected chi connectivity index (χ4v) is 3.61. The number of rotatable bonds is 6. The van der Waals surface area contributed by atoms with Crippen molar-refractivity contribution < 1.29 is 14.1 Å². The van der Waals surface area contributed by atoms with E-state index in [4.69, 9.17) is 4.42 Å². The number of hydrogen-bond donors (Lipinski definition) is 1. The van der Waals surface area contributed by atoms with E-state index in [2.05, 4.69) is 15.5 Å². The number of para-hydroxylation sites is 1. The molecule has 1 aromatic carbocycles. The van der Waals surface area contributed by atoms with Crippen LogP contribution in [0.4, 0.5) is 5.88 Å². The van der Waals surface area contributed by atoms with Crippen molar-refractivity contribution in [3.05, 3.63) is 52.3 Å². The number of aromatic nitrogens is 1. The predicted molar refractivity (Wildman–Crippen MR) is 91.4 cm³/mol. The number of carbonyl (C=O) groups is 1. The van der Waals surface area contributed by atoms with Crippen LogP contribution >= 0.6 is 23.1 Å². The molecular weight excluding hydrogens is 352 g/mol. The van der Waals surface area contributed by atoms with E-state index in [0.717, 1.165) is 14.6 Å². The van der Waals surface area contributed by atoms with Crippen LogP contribution in [0.15, 0.2) is 50.3 Å². The standard InChI is InChI=1S/C14H10N4O4S2/c19-12(17-15-7-9-5-6-13(22-9)18(20)21)8-23-14-16-10-3-1-2-4-11(10)24-14/h1-7H,8H2,(H,17,19). The molecule has 0 atom stereocenters. The zero-order chi connectivity index (χ0) is 16.9. The highest BCUT2D eigenvalue weighted by atomic mass is 32.2. The molecule has 2 heterocycles. The van der Waals surface area contributed by atoms with Crippen LogP contribution in [0.5, 0.6) is 0 Å². The molecule has 10 heteroatoms. The Hall–Kier alpha value is -2.72. The second kappa shape index (κ2) is 7.23. The molecule has 3 aromatic rings. The van der Waals surface area contributed by atoms with Gasteiger partial charge in [0, 0.05) is 0 Å². The molecule has 0 aliphatic rings. The summed E-state index contributed by atoms with van der Waals surface area (Å²) in [5.74, 6) is -0.346. The summed E-state index contributed by atoms with van der Waals surface area (Å²) in [6.07, 6.45) is 1.20. The zero-order valence-corrected chi connectivity index (χ0v) is 13.7. The lowest BCUT2D eigenvalue weighted by molar-refractivity contribution is -0.402. The van der Waals surface area contributed by atoms with Gasteiger partial charge in [0.2, 0.25) is 0 Å². The smallest absolute Gasteiger partial charge is 0.400 e. The maximum Gasteiger partial charge on any atom is 0.433 e. The predicted octanol–water partition coefficient (Wildman–Crippen LogP) is 3.04. The van der Waals surface area contributed by atoms with Gasteiger partial charge in [0.15, 0.2) is 10.1 Å². The van der Waals surface area contributed by atoms with Crippen LogP contribution in [0.1, 0.15) is 5.76 Å². The molecular formula is C14H10N4O4S2. The number of nitrogens with zero attached hydrogens (tertiary/aromatic N) is 3. The number of thiazole rings is 1. The third-order valence-electron chi connectivity index (χ3n) is 2.77. The molecule has 0 aliphatic heterocycles. The first-order chi connectivity index (χ1) is 11.6. The number of amides is 1. The van der Waals surface area contributed by atoms with Gasteiger partial charge in [-0.15, -0.1) is 11.3 Å². The molecule has 0 fully saturated rings. The summed E-state index contributed by atoms with van der Waals surface area (Å²) in [5.41, 5.74) is 3.24. The van der Waals surface area contributed by atoms with Crippen molar-refractivity contribution in [1.29, 1.82) is 0 Å². The van der Waals surface area contributed by atoms with Crippen molar-refractivity contribution >= 4 is 51.3 Å². The van der Waals surface area contributed by atoms with E-state index >= 15 is 0 Å². The van der Waals surface area contributed by atoms with E-state index in [1.54, 1.807) is 0 Å². The van der Waals surface area contributed by atoms with E-state index in [-0.39, 0.29) is 23.3 Å². The summed E-state index contributed by atoms with van der Waals surface area (Å²) >= 11 is 2.84. The maximum absolute atomic E-state index is 11.7. The Morgan fingerprint density at radius 3 is 3.00 bits per heavy atom. The van der Waals surface area contributed by atoms with Gasteiger partial charge in [-0.2, -0.15) is 5.10 Å². The highest BCUT2D eigenvalue weighted by Gasteiger charge is 2.10. The Kier molecular flexibility index (Phi) is 4.87. The Labute approximate surface area is 143 Å². The monoisotopic (exact) mass is 362 g/mol. The molecule has 3 rings (SSSR count). The molecule has 2 aromatic heterocycles. The minimum Gasteiger partial charge on any atom is -0.400 e. The Morgan fingerprint density at radius 1 is 1.42 bits per heavy atom. The zero-order valence-electron chi connectivity index (χ0n) is 12.0. The van der Waals surface area contributed by atoms with Gasteiger partial charge in [0.1, 0.15) is 4.92 Å². The van der Waals surface area contributed by atoms with Gasteiger partial charge >= 0.3 is 5.88 Å². The fourth-order valence-electron chi connectivity index (χ4n) is 1.75. The average molecular weight is 362 g/mol. The van der Waals surface area contributed by atoms with E-state index in [9.17, 15) is 14.9 Å². The maximum atomic E-state index is 11.7. The van der Waals surface area contributed by atoms with Crippen molar-refractivity contribution in [2.45, 2.75) is 4.34 Å². The van der Waals surface area contributed by atoms with Crippen LogP contribution in [-0.4, -0.2) is 27.8 Å². The largest absolute Gasteiger partial charge is 0.433 e. The number of hydrogen-bond acceptors (Lipinski definition) is 8. The molecule has 0 radical (unpaired) electrons. The van der Waals surface area contributed by atoms with Crippen LogP contribution in [0.25, 0.3) is 10.2 Å². The number of fused-ring (bicyclic) bond motifs is 1. The molecule has 1 amide bonds. The minimum absolute atomic E-state index is 0.162. The van der Waals surface area contributed by atoms with Crippen LogP contribution in [0, 0.1) is 10.1 Å². The number of benzene rings is 1. The molecule has 0 unspecified atom stereocenters. The number of hydrazone groups is 1. The highest BCUT2D eigenvalue weighted by Crippen LogP contribution is 2.28. The summed E-state index contributed by atoms with van der Waals surface area (Å²) in [6, 6.07) is 10.4. The van der Waals surface area contributed by atoms with Crippen LogP contribution in [0.3, 0.4) is 0 Å². The first kappa shape index (κ1) is 16.1. The van der Waals surface area contributed by atoms with Crippen LogP contribution in [0.2, 0.25) is 0 Å². The SMILES string of the molecule is O=C(CSc1nc2ccccc2s1)NN=Cc1ccc([N+](=O)[O-])o1. The van der Waals surface area contributed by atoms with E-state index in [0.29, 0.717) is 0 Å². The van der Waals surface area contributed by atoms with Gasteiger partial charge in [-0.3, -0.25) is 14.9 Å². The Bertz CT molecular complexity index is 885. The number of nitro groups is 1. The molecule has 0 saturated carbocycles. The average Bonchev–Trinajstić information content (AvgIpc) is 3.19. The van der Waals surface area contributed by atoms with Crippen LogP contribution < -0.4 is 5.43 Å². The van der Waals surface area contributed by atoms with Crippen molar-refractivity contribution in [1.82, 2.24) is 10.4 Å². The fraction of sp³-hybridized carbons (Fsp3) is 0.0714. The van der Waals surface area contributed by atoms with E-state index < -0.39 is 4.92 Å². The van der Waals surface area contributed by atoms with Gasteiger partial charge in [-0.25, -0.2) is 10.4 Å². The quantitative estimate of drug-likeness (QED) is 0.312. The molecule has 0 spiro atoms. The second-order valence-electron chi connectivity index (χ2n) is 4.46. The van der Waals surface area contributed by atoms with Gasteiger partial charge in [-0.05, 0) is 18.2 Å². The van der Waals surface area contributed by atoms with Gasteiger partial charge in [0.25, 0.3) is 5.91 Å². The first-order valence-corrected chi connectivity index (χ1v) is 8.46. The molecule has 24 heavy (non-hydrogen) atoms. The third kappa shape index (κ3) is 3.97. The van der Waals surface area contributed by atoms with Crippen molar-refractivity contribution in [2.75, 3.05) is 5.75 Å². The lowest BCUT2D eigenvalue weighted by atomic mass is 10.3. The lowest BCUT2D eigenvalue weighted by Crippen LogP contribution is -2.19. The van der Waals surface area contributed by atoms with Crippen molar-refractivity contribution in [2.24, 2.45) is 5.10 Å². The molecule has 0 bridgehead atoms. The minimum atomic E-state index is -0.648. The van der Waals surface area contributed by atoms with E-state index in [1.165, 1.54) is 41.4 Å². The van der Waals surface area contributed by atoms with Gasteiger partial charge in [-0.1, -0.05) is 23.9 Å². The molecule has 0 saturated heterocycles. The Balaban J connectivity index is 1.50. The normalized spacial score (nSPS) is 11.2. The lowest BCUT2D eigenvalue weighted by Gasteiger charge is -1.96. The summed E-state index contributed by atoms with van der Waals surface area (Å²) in [7, 11) is 0. The number of thioether (sulfide) groups is 1.